The molecule has 6 heteroatoms. The molecular formula is C14H19NO4S. The lowest BCUT2D eigenvalue weighted by Crippen LogP contribution is -2.46. The molecule has 1 amide bonds. The van der Waals surface area contributed by atoms with Crippen molar-refractivity contribution >= 4 is 23.2 Å². The molecule has 20 heavy (non-hydrogen) atoms. The summed E-state index contributed by atoms with van der Waals surface area (Å²) in [6, 6.07) is 0.894. The lowest BCUT2D eigenvalue weighted by atomic mass is 9.84. The van der Waals surface area contributed by atoms with Crippen molar-refractivity contribution in [2.45, 2.75) is 38.1 Å². The van der Waals surface area contributed by atoms with Gasteiger partial charge in [0.1, 0.15) is 16.7 Å². The monoisotopic (exact) mass is 297 g/mol. The second kappa shape index (κ2) is 6.74. The van der Waals surface area contributed by atoms with Crippen molar-refractivity contribution in [3.05, 3.63) is 16.3 Å². The molecule has 0 spiro atoms. The number of thiophene rings is 1. The maximum Gasteiger partial charge on any atom is 0.326 e. The normalized spacial score (nSPS) is 17.4. The van der Waals surface area contributed by atoms with Gasteiger partial charge in [0.25, 0.3) is 5.91 Å². The largest absolute Gasteiger partial charge is 0.495 e. The maximum atomic E-state index is 12.2. The van der Waals surface area contributed by atoms with Gasteiger partial charge in [0.05, 0.1) is 7.11 Å². The molecule has 1 aromatic heterocycles. The van der Waals surface area contributed by atoms with E-state index in [4.69, 9.17) is 4.74 Å². The Morgan fingerprint density at radius 1 is 1.40 bits per heavy atom. The summed E-state index contributed by atoms with van der Waals surface area (Å²) in [6.45, 7) is 0. The van der Waals surface area contributed by atoms with E-state index in [0.29, 0.717) is 10.6 Å². The third-order valence-electron chi connectivity index (χ3n) is 3.73. The average molecular weight is 297 g/mol. The van der Waals surface area contributed by atoms with E-state index in [1.807, 2.05) is 0 Å². The van der Waals surface area contributed by atoms with E-state index in [2.05, 4.69) is 5.32 Å². The molecular weight excluding hydrogens is 278 g/mol. The van der Waals surface area contributed by atoms with Gasteiger partial charge in [0.15, 0.2) is 0 Å². The van der Waals surface area contributed by atoms with E-state index in [1.54, 1.807) is 11.4 Å². The summed E-state index contributed by atoms with van der Waals surface area (Å²) in [6.07, 6.45) is 4.94. The maximum absolute atomic E-state index is 12.2. The first-order chi connectivity index (χ1) is 9.63. The summed E-state index contributed by atoms with van der Waals surface area (Å²) < 4.78 is 5.10. The fourth-order valence-corrected chi connectivity index (χ4v) is 3.44. The van der Waals surface area contributed by atoms with Crippen LogP contribution in [0, 0.1) is 5.92 Å². The molecule has 0 aliphatic heterocycles. The highest BCUT2D eigenvalue weighted by atomic mass is 32.1. The molecule has 1 aliphatic carbocycles. The Labute approximate surface area is 121 Å². The number of aliphatic carboxylic acids is 1. The van der Waals surface area contributed by atoms with Gasteiger partial charge >= 0.3 is 5.97 Å². The topological polar surface area (TPSA) is 75.6 Å². The van der Waals surface area contributed by atoms with E-state index < -0.39 is 12.0 Å². The Hall–Kier alpha value is -1.56. The van der Waals surface area contributed by atoms with Crippen LogP contribution in [-0.2, 0) is 4.79 Å². The van der Waals surface area contributed by atoms with Crippen molar-refractivity contribution in [2.75, 3.05) is 7.11 Å². The molecule has 1 aliphatic rings. The molecule has 2 rings (SSSR count). The van der Waals surface area contributed by atoms with E-state index >= 15 is 0 Å². The number of rotatable bonds is 5. The van der Waals surface area contributed by atoms with Crippen LogP contribution >= 0.6 is 11.3 Å². The highest BCUT2D eigenvalue weighted by Crippen LogP contribution is 2.28. The second-order valence-electron chi connectivity index (χ2n) is 5.01. The number of nitrogens with one attached hydrogen (secondary N) is 1. The molecule has 0 radical (unpaired) electrons. The fraction of sp³-hybridized carbons (Fsp3) is 0.571. The van der Waals surface area contributed by atoms with Gasteiger partial charge in [-0.2, -0.15) is 0 Å². The summed E-state index contributed by atoms with van der Waals surface area (Å²) >= 11 is 1.25. The van der Waals surface area contributed by atoms with Crippen LogP contribution in [0.5, 0.6) is 5.75 Å². The molecule has 1 aromatic rings. The van der Waals surface area contributed by atoms with Gasteiger partial charge in [-0.05, 0) is 30.2 Å². The van der Waals surface area contributed by atoms with Crippen LogP contribution in [0.1, 0.15) is 41.8 Å². The van der Waals surface area contributed by atoms with Crippen molar-refractivity contribution in [2.24, 2.45) is 5.92 Å². The molecule has 1 unspecified atom stereocenters. The second-order valence-corrected chi connectivity index (χ2v) is 5.92. The molecule has 1 saturated carbocycles. The quantitative estimate of drug-likeness (QED) is 0.875. The van der Waals surface area contributed by atoms with Crippen molar-refractivity contribution in [3.8, 4) is 5.75 Å². The zero-order valence-corrected chi connectivity index (χ0v) is 12.2. The zero-order valence-electron chi connectivity index (χ0n) is 11.4. The number of carbonyl (C=O) groups is 2. The van der Waals surface area contributed by atoms with Gasteiger partial charge in [-0.3, -0.25) is 4.79 Å². The predicted octanol–water partition coefficient (Wildman–Crippen LogP) is 2.52. The summed E-state index contributed by atoms with van der Waals surface area (Å²) in [7, 11) is 1.49. The van der Waals surface area contributed by atoms with Crippen LogP contribution in [0.3, 0.4) is 0 Å². The van der Waals surface area contributed by atoms with Crippen LogP contribution in [0.15, 0.2) is 11.4 Å². The molecule has 2 N–H and O–H groups in total. The lowest BCUT2D eigenvalue weighted by molar-refractivity contribution is -0.141. The number of ether oxygens (including phenoxy) is 1. The number of hydrogen-bond donors (Lipinski definition) is 2. The first kappa shape index (κ1) is 14.8. The molecule has 5 nitrogen and oxygen atoms in total. The molecule has 1 heterocycles. The highest BCUT2D eigenvalue weighted by Gasteiger charge is 2.31. The highest BCUT2D eigenvalue weighted by molar-refractivity contribution is 7.12. The molecule has 0 saturated heterocycles. The summed E-state index contributed by atoms with van der Waals surface area (Å²) in [5.41, 5.74) is 0. The summed E-state index contributed by atoms with van der Waals surface area (Å²) in [4.78, 5) is 24.0. The Bertz CT molecular complexity index is 479. The van der Waals surface area contributed by atoms with Gasteiger partial charge in [-0.15, -0.1) is 11.3 Å². The van der Waals surface area contributed by atoms with Gasteiger partial charge in [-0.25, -0.2) is 4.79 Å². The number of carbonyl (C=O) groups excluding carboxylic acids is 1. The third kappa shape index (κ3) is 3.30. The number of carboxylic acid groups (broad SMARTS) is 1. The minimum Gasteiger partial charge on any atom is -0.495 e. The minimum atomic E-state index is -0.958. The van der Waals surface area contributed by atoms with Gasteiger partial charge in [0, 0.05) is 0 Å². The number of methoxy groups -OCH3 is 1. The van der Waals surface area contributed by atoms with Crippen LogP contribution in [0.2, 0.25) is 0 Å². The van der Waals surface area contributed by atoms with E-state index in [-0.39, 0.29) is 11.8 Å². The van der Waals surface area contributed by atoms with Gasteiger partial charge < -0.3 is 15.2 Å². The first-order valence-electron chi connectivity index (χ1n) is 6.78. The van der Waals surface area contributed by atoms with Crippen molar-refractivity contribution in [3.63, 3.8) is 0 Å². The van der Waals surface area contributed by atoms with Crippen molar-refractivity contribution in [1.82, 2.24) is 5.32 Å². The summed E-state index contributed by atoms with van der Waals surface area (Å²) in [5.74, 6) is -0.813. The standard InChI is InChI=1S/C14H19NO4S/c1-19-10-7-8-20-12(10)13(16)15-11(14(17)18)9-5-3-2-4-6-9/h7-9,11H,2-6H2,1H3,(H,15,16)(H,17,18). The molecule has 110 valence electrons. The average Bonchev–Trinajstić information content (AvgIpc) is 2.93. The van der Waals surface area contributed by atoms with E-state index in [0.717, 1.165) is 32.1 Å². The van der Waals surface area contributed by atoms with Crippen LogP contribution in [-0.4, -0.2) is 30.1 Å². The number of amides is 1. The van der Waals surface area contributed by atoms with Crippen LogP contribution < -0.4 is 10.1 Å². The number of carboxylic acids is 1. The van der Waals surface area contributed by atoms with E-state index in [9.17, 15) is 14.7 Å². The van der Waals surface area contributed by atoms with E-state index in [1.165, 1.54) is 18.4 Å². The molecule has 1 atom stereocenters. The first-order valence-corrected chi connectivity index (χ1v) is 7.66. The SMILES string of the molecule is COc1ccsc1C(=O)NC(C(=O)O)C1CCCCC1. The van der Waals surface area contributed by atoms with Gasteiger partial charge in [-0.1, -0.05) is 19.3 Å². The Kier molecular flexibility index (Phi) is 5.00. The lowest BCUT2D eigenvalue weighted by Gasteiger charge is -2.27. The Morgan fingerprint density at radius 2 is 2.10 bits per heavy atom. The summed E-state index contributed by atoms with van der Waals surface area (Å²) in [5, 5.41) is 13.8. The Balaban J connectivity index is 2.08. The molecule has 1 fully saturated rings. The predicted molar refractivity (Wildman–Crippen MR) is 76.3 cm³/mol. The van der Waals surface area contributed by atoms with Crippen molar-refractivity contribution < 1.29 is 19.4 Å². The fourth-order valence-electron chi connectivity index (χ4n) is 2.68. The van der Waals surface area contributed by atoms with Crippen molar-refractivity contribution in [1.29, 1.82) is 0 Å². The zero-order chi connectivity index (χ0) is 14.5. The minimum absolute atomic E-state index is 0.0242. The molecule has 0 bridgehead atoms. The Morgan fingerprint density at radius 3 is 2.70 bits per heavy atom. The smallest absolute Gasteiger partial charge is 0.326 e. The molecule has 0 aromatic carbocycles. The van der Waals surface area contributed by atoms with Crippen LogP contribution in [0.4, 0.5) is 0 Å². The van der Waals surface area contributed by atoms with Crippen LogP contribution in [0.25, 0.3) is 0 Å². The van der Waals surface area contributed by atoms with Gasteiger partial charge in [0.2, 0.25) is 0 Å². The third-order valence-corrected chi connectivity index (χ3v) is 4.62. The number of hydrogen-bond acceptors (Lipinski definition) is 4.